The van der Waals surface area contributed by atoms with Gasteiger partial charge in [-0.1, -0.05) is 23.7 Å². The normalized spacial score (nSPS) is 12.7. The van der Waals surface area contributed by atoms with E-state index in [1.807, 2.05) is 25.1 Å². The third-order valence-electron chi connectivity index (χ3n) is 1.70. The second-order valence-electron chi connectivity index (χ2n) is 2.65. The molecule has 1 aromatic carbocycles. The molecule has 0 aliphatic carbocycles. The van der Waals surface area contributed by atoms with Gasteiger partial charge in [0.25, 0.3) is 0 Å². The lowest BCUT2D eigenvalue weighted by Crippen LogP contribution is -2.05. The average Bonchev–Trinajstić information content (AvgIpc) is 2.04. The summed E-state index contributed by atoms with van der Waals surface area (Å²) in [5, 5.41) is 0.606. The lowest BCUT2D eigenvalue weighted by Gasteiger charge is -2.10. The molecule has 3 heteroatoms. The van der Waals surface area contributed by atoms with Gasteiger partial charge in [0.2, 0.25) is 0 Å². The van der Waals surface area contributed by atoms with Crippen molar-refractivity contribution in [2.24, 2.45) is 5.73 Å². The zero-order chi connectivity index (χ0) is 9.14. The summed E-state index contributed by atoms with van der Waals surface area (Å²) >= 11 is 6.00. The Kier molecular flexibility index (Phi) is 2.95. The topological polar surface area (TPSA) is 35.2 Å². The second-order valence-corrected chi connectivity index (χ2v) is 3.03. The van der Waals surface area contributed by atoms with E-state index in [0.717, 1.165) is 5.56 Å². The van der Waals surface area contributed by atoms with Crippen molar-refractivity contribution in [1.82, 2.24) is 0 Å². The van der Waals surface area contributed by atoms with Gasteiger partial charge in [0.15, 0.2) is 0 Å². The zero-order valence-electron chi connectivity index (χ0n) is 7.17. The highest BCUT2D eigenvalue weighted by Gasteiger charge is 2.08. The van der Waals surface area contributed by atoms with E-state index in [0.29, 0.717) is 10.8 Å². The van der Waals surface area contributed by atoms with Gasteiger partial charge in [-0.2, -0.15) is 0 Å². The van der Waals surface area contributed by atoms with Gasteiger partial charge in [-0.25, -0.2) is 0 Å². The molecular formula is C9H12ClNO. The average molecular weight is 186 g/mol. The Morgan fingerprint density at radius 2 is 2.17 bits per heavy atom. The molecule has 2 nitrogen and oxygen atoms in total. The molecule has 0 spiro atoms. The lowest BCUT2D eigenvalue weighted by atomic mass is 10.1. The number of benzene rings is 1. The van der Waals surface area contributed by atoms with Gasteiger partial charge < -0.3 is 10.5 Å². The lowest BCUT2D eigenvalue weighted by molar-refractivity contribution is 0.414. The highest BCUT2D eigenvalue weighted by atomic mass is 35.5. The molecule has 0 aliphatic rings. The standard InChI is InChI=1S/C9H12ClNO/c1-6(11)7-4-3-5-8(12-2)9(7)10/h3-6H,11H2,1-2H3/t6-/m0/s1. The van der Waals surface area contributed by atoms with E-state index in [-0.39, 0.29) is 6.04 Å². The molecule has 66 valence electrons. The Bertz CT molecular complexity index is 273. The minimum Gasteiger partial charge on any atom is -0.495 e. The third kappa shape index (κ3) is 1.71. The molecule has 0 amide bonds. The van der Waals surface area contributed by atoms with Crippen LogP contribution in [0.2, 0.25) is 5.02 Å². The van der Waals surface area contributed by atoms with E-state index in [1.54, 1.807) is 7.11 Å². The van der Waals surface area contributed by atoms with Crippen molar-refractivity contribution in [3.63, 3.8) is 0 Å². The summed E-state index contributed by atoms with van der Waals surface area (Å²) in [6.45, 7) is 1.89. The van der Waals surface area contributed by atoms with Crippen LogP contribution in [0.25, 0.3) is 0 Å². The van der Waals surface area contributed by atoms with Crippen LogP contribution in [0.5, 0.6) is 5.75 Å². The summed E-state index contributed by atoms with van der Waals surface area (Å²) < 4.78 is 5.05. The van der Waals surface area contributed by atoms with Crippen molar-refractivity contribution >= 4 is 11.6 Å². The molecule has 1 rings (SSSR count). The molecule has 12 heavy (non-hydrogen) atoms. The summed E-state index contributed by atoms with van der Waals surface area (Å²) in [7, 11) is 1.59. The first-order valence-corrected chi connectivity index (χ1v) is 4.12. The molecule has 0 saturated heterocycles. The minimum absolute atomic E-state index is 0.0624. The third-order valence-corrected chi connectivity index (χ3v) is 2.11. The summed E-state index contributed by atoms with van der Waals surface area (Å²) in [4.78, 5) is 0. The predicted molar refractivity (Wildman–Crippen MR) is 50.6 cm³/mol. The van der Waals surface area contributed by atoms with Crippen molar-refractivity contribution in [2.45, 2.75) is 13.0 Å². The van der Waals surface area contributed by atoms with Crippen LogP contribution in [-0.2, 0) is 0 Å². The van der Waals surface area contributed by atoms with Crippen molar-refractivity contribution in [3.8, 4) is 5.75 Å². The first-order chi connectivity index (χ1) is 5.66. The zero-order valence-corrected chi connectivity index (χ0v) is 7.93. The first kappa shape index (κ1) is 9.36. The van der Waals surface area contributed by atoms with Crippen LogP contribution >= 0.6 is 11.6 Å². The molecule has 2 N–H and O–H groups in total. The molecule has 1 aromatic rings. The van der Waals surface area contributed by atoms with Crippen molar-refractivity contribution < 1.29 is 4.74 Å². The first-order valence-electron chi connectivity index (χ1n) is 3.74. The van der Waals surface area contributed by atoms with Gasteiger partial charge in [0, 0.05) is 6.04 Å². The van der Waals surface area contributed by atoms with E-state index < -0.39 is 0 Å². The highest BCUT2D eigenvalue weighted by Crippen LogP contribution is 2.30. The smallest absolute Gasteiger partial charge is 0.137 e. The molecule has 0 bridgehead atoms. The molecule has 0 aromatic heterocycles. The number of ether oxygens (including phenoxy) is 1. The van der Waals surface area contributed by atoms with Gasteiger partial charge in [0.05, 0.1) is 12.1 Å². The molecule has 0 radical (unpaired) electrons. The molecular weight excluding hydrogens is 174 g/mol. The number of halogens is 1. The molecule has 0 fully saturated rings. The van der Waals surface area contributed by atoms with Crippen LogP contribution in [-0.4, -0.2) is 7.11 Å². The molecule has 0 unspecified atom stereocenters. The fourth-order valence-electron chi connectivity index (χ4n) is 1.04. The summed E-state index contributed by atoms with van der Waals surface area (Å²) in [6.07, 6.45) is 0. The number of hydrogen-bond donors (Lipinski definition) is 1. The van der Waals surface area contributed by atoms with Gasteiger partial charge in [-0.15, -0.1) is 0 Å². The molecule has 0 aliphatic heterocycles. The number of methoxy groups -OCH3 is 1. The molecule has 0 heterocycles. The monoisotopic (exact) mass is 185 g/mol. The Balaban J connectivity index is 3.14. The summed E-state index contributed by atoms with van der Waals surface area (Å²) in [5.41, 5.74) is 6.61. The van der Waals surface area contributed by atoms with E-state index in [2.05, 4.69) is 0 Å². The Labute approximate surface area is 77.3 Å². The Morgan fingerprint density at radius 3 is 2.67 bits per heavy atom. The van der Waals surface area contributed by atoms with Crippen LogP contribution in [0, 0.1) is 0 Å². The highest BCUT2D eigenvalue weighted by molar-refractivity contribution is 6.32. The summed E-state index contributed by atoms with van der Waals surface area (Å²) in [5.74, 6) is 0.673. The maximum Gasteiger partial charge on any atom is 0.137 e. The van der Waals surface area contributed by atoms with Gasteiger partial charge in [-0.05, 0) is 18.6 Å². The van der Waals surface area contributed by atoms with Crippen LogP contribution in [0.3, 0.4) is 0 Å². The fraction of sp³-hybridized carbons (Fsp3) is 0.333. The Hall–Kier alpha value is -0.730. The Morgan fingerprint density at radius 1 is 1.50 bits per heavy atom. The van der Waals surface area contributed by atoms with E-state index in [9.17, 15) is 0 Å². The van der Waals surface area contributed by atoms with Crippen LogP contribution in [0.4, 0.5) is 0 Å². The van der Waals surface area contributed by atoms with E-state index in [4.69, 9.17) is 22.1 Å². The summed E-state index contributed by atoms with van der Waals surface area (Å²) in [6, 6.07) is 5.53. The predicted octanol–water partition coefficient (Wildman–Crippen LogP) is 2.37. The van der Waals surface area contributed by atoms with E-state index >= 15 is 0 Å². The maximum atomic E-state index is 6.00. The molecule has 0 saturated carbocycles. The number of hydrogen-bond acceptors (Lipinski definition) is 2. The van der Waals surface area contributed by atoms with Crippen LogP contribution in [0.1, 0.15) is 18.5 Å². The minimum atomic E-state index is -0.0624. The van der Waals surface area contributed by atoms with Crippen molar-refractivity contribution in [3.05, 3.63) is 28.8 Å². The SMILES string of the molecule is COc1cccc([C@H](C)N)c1Cl. The van der Waals surface area contributed by atoms with Gasteiger partial charge >= 0.3 is 0 Å². The molecule has 1 atom stereocenters. The fourth-order valence-corrected chi connectivity index (χ4v) is 1.41. The van der Waals surface area contributed by atoms with Crippen LogP contribution < -0.4 is 10.5 Å². The van der Waals surface area contributed by atoms with Crippen molar-refractivity contribution in [2.75, 3.05) is 7.11 Å². The van der Waals surface area contributed by atoms with Crippen molar-refractivity contribution in [1.29, 1.82) is 0 Å². The largest absolute Gasteiger partial charge is 0.495 e. The van der Waals surface area contributed by atoms with Gasteiger partial charge in [0.1, 0.15) is 5.75 Å². The number of nitrogens with two attached hydrogens (primary N) is 1. The van der Waals surface area contributed by atoms with Gasteiger partial charge in [-0.3, -0.25) is 0 Å². The quantitative estimate of drug-likeness (QED) is 0.768. The van der Waals surface area contributed by atoms with Crippen LogP contribution in [0.15, 0.2) is 18.2 Å². The van der Waals surface area contributed by atoms with E-state index in [1.165, 1.54) is 0 Å². The second kappa shape index (κ2) is 3.78. The number of rotatable bonds is 2. The maximum absolute atomic E-state index is 6.00.